The van der Waals surface area contributed by atoms with Gasteiger partial charge in [-0.05, 0) is 49.2 Å². The molecule has 1 aliphatic rings. The van der Waals surface area contributed by atoms with Crippen molar-refractivity contribution in [3.8, 4) is 17.2 Å². The van der Waals surface area contributed by atoms with Crippen LogP contribution >= 0.6 is 0 Å². The molecule has 0 saturated carbocycles. The number of ether oxygens (including phenoxy) is 4. The van der Waals surface area contributed by atoms with Crippen molar-refractivity contribution < 1.29 is 33.6 Å². The lowest BCUT2D eigenvalue weighted by molar-refractivity contribution is -0.136. The summed E-state index contributed by atoms with van der Waals surface area (Å²) in [5, 5.41) is 19.6. The molecule has 3 rings (SSSR count). The van der Waals surface area contributed by atoms with Gasteiger partial charge in [0.05, 0.1) is 31.5 Å². The molecule has 0 bridgehead atoms. The predicted octanol–water partition coefficient (Wildman–Crippen LogP) is 2.77. The summed E-state index contributed by atoms with van der Waals surface area (Å²) in [5.41, 5.74) is 4.65. The van der Waals surface area contributed by atoms with Gasteiger partial charge in [-0.3, -0.25) is 5.43 Å². The van der Waals surface area contributed by atoms with Crippen LogP contribution < -0.4 is 30.3 Å². The Morgan fingerprint density at radius 2 is 2.03 bits per heavy atom. The van der Waals surface area contributed by atoms with Crippen LogP contribution in [0.5, 0.6) is 17.2 Å². The third-order valence-electron chi connectivity index (χ3n) is 5.34. The van der Waals surface area contributed by atoms with Gasteiger partial charge in [-0.15, -0.1) is 0 Å². The van der Waals surface area contributed by atoms with E-state index in [0.29, 0.717) is 41.7 Å². The summed E-state index contributed by atoms with van der Waals surface area (Å²) < 4.78 is 21.9. The molecule has 0 aliphatic carbocycles. The Morgan fingerprint density at radius 1 is 1.21 bits per heavy atom. The lowest BCUT2D eigenvalue weighted by atomic mass is 9.95. The molecule has 0 fully saturated rings. The third-order valence-corrected chi connectivity index (χ3v) is 5.34. The Balaban J connectivity index is 1.67. The number of hydrogen-bond donors (Lipinski definition) is 4. The van der Waals surface area contributed by atoms with Crippen LogP contribution in [0.1, 0.15) is 31.0 Å². The lowest BCUT2D eigenvalue weighted by Crippen LogP contribution is -2.45. The Kier molecular flexibility index (Phi) is 10.1. The highest BCUT2D eigenvalue weighted by Gasteiger charge is 2.32. The summed E-state index contributed by atoms with van der Waals surface area (Å²) in [5.74, 6) is 0.863. The van der Waals surface area contributed by atoms with E-state index >= 15 is 0 Å². The van der Waals surface area contributed by atoms with E-state index in [1.54, 1.807) is 43.5 Å². The van der Waals surface area contributed by atoms with Crippen LogP contribution in [-0.4, -0.2) is 56.5 Å². The Bertz CT molecular complexity index is 1210. The number of aliphatic hydroxyl groups excluding tert-OH is 1. The van der Waals surface area contributed by atoms with Crippen LogP contribution in [-0.2, 0) is 9.53 Å². The molecule has 38 heavy (non-hydrogen) atoms. The van der Waals surface area contributed by atoms with E-state index in [9.17, 15) is 14.7 Å². The number of nitrogens with one attached hydrogen (secondary N) is 3. The fourth-order valence-corrected chi connectivity index (χ4v) is 3.66. The van der Waals surface area contributed by atoms with Gasteiger partial charge in [0.1, 0.15) is 19.0 Å². The molecular weight excluding hydrogens is 492 g/mol. The van der Waals surface area contributed by atoms with Crippen molar-refractivity contribution in [2.75, 3.05) is 26.9 Å². The van der Waals surface area contributed by atoms with Crippen molar-refractivity contribution in [2.24, 2.45) is 5.10 Å². The van der Waals surface area contributed by atoms with Crippen LogP contribution in [0.3, 0.4) is 0 Å². The maximum atomic E-state index is 12.4. The molecular formula is C27H32N4O7. The van der Waals surface area contributed by atoms with Crippen LogP contribution in [0.15, 0.2) is 71.5 Å². The van der Waals surface area contributed by atoms with Gasteiger partial charge in [0.15, 0.2) is 17.7 Å². The molecule has 2 aromatic rings. The van der Waals surface area contributed by atoms with E-state index in [1.807, 2.05) is 25.1 Å². The number of methoxy groups -OCH3 is 1. The fraction of sp³-hybridized carbons (Fsp3) is 0.296. The van der Waals surface area contributed by atoms with Gasteiger partial charge in [-0.2, -0.15) is 5.10 Å². The maximum absolute atomic E-state index is 12.4. The third kappa shape index (κ3) is 7.50. The minimum Gasteiger partial charge on any atom is -0.490 e. The summed E-state index contributed by atoms with van der Waals surface area (Å²) in [4.78, 5) is 24.5. The summed E-state index contributed by atoms with van der Waals surface area (Å²) in [6.45, 7) is 7.68. The summed E-state index contributed by atoms with van der Waals surface area (Å²) >= 11 is 0. The van der Waals surface area contributed by atoms with Gasteiger partial charge >= 0.3 is 12.0 Å². The van der Waals surface area contributed by atoms with E-state index in [4.69, 9.17) is 18.9 Å². The number of rotatable bonds is 13. The molecule has 11 nitrogen and oxygen atoms in total. The molecule has 0 radical (unpaired) electrons. The van der Waals surface area contributed by atoms with Gasteiger partial charge in [0.2, 0.25) is 0 Å². The second kappa shape index (κ2) is 13.7. The number of esters is 1. The van der Waals surface area contributed by atoms with Crippen molar-refractivity contribution in [2.45, 2.75) is 26.1 Å². The van der Waals surface area contributed by atoms with Crippen molar-refractivity contribution in [1.29, 1.82) is 0 Å². The first-order chi connectivity index (χ1) is 18.4. The first-order valence-corrected chi connectivity index (χ1v) is 11.9. The Morgan fingerprint density at radius 3 is 2.76 bits per heavy atom. The van der Waals surface area contributed by atoms with E-state index in [2.05, 4.69) is 27.7 Å². The van der Waals surface area contributed by atoms with E-state index < -0.39 is 24.3 Å². The average molecular weight is 525 g/mol. The Hall–Kier alpha value is -4.51. The monoisotopic (exact) mass is 524 g/mol. The molecule has 1 heterocycles. The van der Waals surface area contributed by atoms with E-state index in [-0.39, 0.29) is 12.2 Å². The number of hydrazone groups is 1. The zero-order valence-corrected chi connectivity index (χ0v) is 21.5. The molecule has 11 heteroatoms. The number of hydrogen-bond acceptors (Lipinski definition) is 9. The van der Waals surface area contributed by atoms with Crippen molar-refractivity contribution >= 4 is 18.2 Å². The largest absolute Gasteiger partial charge is 0.490 e. The number of benzene rings is 2. The van der Waals surface area contributed by atoms with Gasteiger partial charge in [0.25, 0.3) is 0 Å². The minimum absolute atomic E-state index is 0.129. The normalized spacial score (nSPS) is 15.8. The molecule has 0 unspecified atom stereocenters. The van der Waals surface area contributed by atoms with Gasteiger partial charge in [-0.25, -0.2) is 9.59 Å². The molecule has 202 valence electrons. The molecule has 0 saturated heterocycles. The topological polar surface area (TPSA) is 140 Å². The van der Waals surface area contributed by atoms with Crippen molar-refractivity contribution in [3.63, 3.8) is 0 Å². The second-order valence-electron chi connectivity index (χ2n) is 8.09. The highest BCUT2D eigenvalue weighted by Crippen LogP contribution is 2.34. The van der Waals surface area contributed by atoms with Crippen LogP contribution in [0.25, 0.3) is 0 Å². The zero-order valence-electron chi connectivity index (χ0n) is 21.5. The number of allylic oxidation sites excluding steroid dienone is 1. The lowest BCUT2D eigenvalue weighted by Gasteiger charge is -2.28. The van der Waals surface area contributed by atoms with E-state index in [1.165, 1.54) is 7.11 Å². The predicted molar refractivity (Wildman–Crippen MR) is 141 cm³/mol. The molecule has 0 spiro atoms. The van der Waals surface area contributed by atoms with Crippen LogP contribution in [0, 0.1) is 0 Å². The van der Waals surface area contributed by atoms with Gasteiger partial charge in [-0.1, -0.05) is 30.9 Å². The Labute approximate surface area is 221 Å². The van der Waals surface area contributed by atoms with Gasteiger partial charge in [0, 0.05) is 5.70 Å². The fourth-order valence-electron chi connectivity index (χ4n) is 3.66. The average Bonchev–Trinajstić information content (AvgIpc) is 2.90. The minimum atomic E-state index is -1.11. The highest BCUT2D eigenvalue weighted by molar-refractivity contribution is 5.95. The number of amides is 2. The quantitative estimate of drug-likeness (QED) is 0.103. The summed E-state index contributed by atoms with van der Waals surface area (Å²) in [7, 11) is 1.28. The standard InChI is InChI=1S/C27H32N4O7/c1-5-12-37-20-9-7-8-18(13-20)15-28-31-23(32)16-38-21-11-10-19(14-22(21)36-6-2)25-24(26(33)35-4)17(3)29-27(34)30-25/h5,7-11,13-15,23,25,31-32H,1,6,12,16H2,2-4H3,(H2,29,30,34)/b28-15+/t23-,25+/m1/s1. The van der Waals surface area contributed by atoms with Crippen LogP contribution in [0.2, 0.25) is 0 Å². The number of carbonyl (C=O) groups excluding carboxylic acids is 2. The smallest absolute Gasteiger partial charge is 0.337 e. The number of aliphatic hydroxyl groups is 1. The zero-order chi connectivity index (χ0) is 27.5. The SMILES string of the molecule is C=CCOc1cccc(/C=N/N[C@H](O)COc2ccc([C@@H]3NC(=O)NC(C)=C3C(=O)OC)cc2OCC)c1. The molecule has 2 amide bonds. The van der Waals surface area contributed by atoms with Crippen molar-refractivity contribution in [1.82, 2.24) is 16.1 Å². The molecule has 4 N–H and O–H groups in total. The van der Waals surface area contributed by atoms with Crippen molar-refractivity contribution in [3.05, 3.63) is 77.5 Å². The number of carbonyl (C=O) groups is 2. The summed E-state index contributed by atoms with van der Waals surface area (Å²) in [6, 6.07) is 11.1. The molecule has 2 atom stereocenters. The number of urea groups is 1. The summed E-state index contributed by atoms with van der Waals surface area (Å²) in [6.07, 6.45) is 2.10. The number of nitrogens with zero attached hydrogens (tertiary/aromatic N) is 1. The molecule has 1 aliphatic heterocycles. The first-order valence-electron chi connectivity index (χ1n) is 11.9. The maximum Gasteiger partial charge on any atom is 0.337 e. The second-order valence-corrected chi connectivity index (χ2v) is 8.09. The molecule has 0 aromatic heterocycles. The highest BCUT2D eigenvalue weighted by atomic mass is 16.5. The van der Waals surface area contributed by atoms with E-state index in [0.717, 1.165) is 5.56 Å². The van der Waals surface area contributed by atoms with Crippen LogP contribution in [0.4, 0.5) is 4.79 Å². The first kappa shape index (κ1) is 28.1. The molecule has 2 aromatic carbocycles. The van der Waals surface area contributed by atoms with Gasteiger partial charge < -0.3 is 34.7 Å².